The average molecular weight is 327 g/mol. The van der Waals surface area contributed by atoms with Crippen LogP contribution < -0.4 is 10.6 Å². The summed E-state index contributed by atoms with van der Waals surface area (Å²) in [5.41, 5.74) is 6.81. The van der Waals surface area contributed by atoms with Crippen molar-refractivity contribution in [2.75, 3.05) is 25.1 Å². The van der Waals surface area contributed by atoms with Gasteiger partial charge in [-0.3, -0.25) is 4.79 Å². The van der Waals surface area contributed by atoms with Crippen molar-refractivity contribution in [2.24, 2.45) is 11.7 Å². The Balaban J connectivity index is 2.27. The molecular weight excluding hydrogens is 312 g/mol. The van der Waals surface area contributed by atoms with E-state index in [2.05, 4.69) is 20.7 Å². The molecule has 1 atom stereocenters. The fraction of sp³-hybridized carbons (Fsp3) is 0.385. The summed E-state index contributed by atoms with van der Waals surface area (Å²) in [4.78, 5) is 25.0. The zero-order valence-corrected chi connectivity index (χ0v) is 12.1. The zero-order chi connectivity index (χ0) is 14.0. The van der Waals surface area contributed by atoms with Gasteiger partial charge in [-0.2, -0.15) is 0 Å². The molecule has 1 saturated heterocycles. The molecule has 1 unspecified atom stereocenters. The molecule has 0 radical (unpaired) electrons. The monoisotopic (exact) mass is 326 g/mol. The molecule has 2 rings (SSSR count). The number of hydrogen-bond donors (Lipinski definition) is 1. The first-order chi connectivity index (χ1) is 9.06. The molecule has 0 aliphatic carbocycles. The van der Waals surface area contributed by atoms with E-state index < -0.39 is 5.97 Å². The van der Waals surface area contributed by atoms with Crippen LogP contribution in [0.3, 0.4) is 0 Å². The lowest BCUT2D eigenvalue weighted by atomic mass is 10.1. The first-order valence-corrected chi connectivity index (χ1v) is 6.74. The van der Waals surface area contributed by atoms with E-state index in [0.29, 0.717) is 29.5 Å². The molecule has 19 heavy (non-hydrogen) atoms. The van der Waals surface area contributed by atoms with Crippen molar-refractivity contribution >= 4 is 33.5 Å². The van der Waals surface area contributed by atoms with E-state index in [-0.39, 0.29) is 11.8 Å². The van der Waals surface area contributed by atoms with E-state index in [0.717, 1.165) is 5.69 Å². The number of rotatable bonds is 3. The van der Waals surface area contributed by atoms with Crippen LogP contribution in [0, 0.1) is 5.92 Å². The Bertz CT molecular complexity index is 519. The van der Waals surface area contributed by atoms with E-state index in [1.807, 2.05) is 0 Å². The largest absolute Gasteiger partial charge is 0.465 e. The molecule has 0 spiro atoms. The molecule has 1 fully saturated rings. The number of anilines is 1. The van der Waals surface area contributed by atoms with Gasteiger partial charge in [0.2, 0.25) is 5.91 Å². The van der Waals surface area contributed by atoms with Crippen molar-refractivity contribution in [1.29, 1.82) is 0 Å². The quantitative estimate of drug-likeness (QED) is 0.855. The smallest absolute Gasteiger partial charge is 0.337 e. The maximum Gasteiger partial charge on any atom is 0.337 e. The van der Waals surface area contributed by atoms with Crippen LogP contribution in [0.5, 0.6) is 0 Å². The van der Waals surface area contributed by atoms with Gasteiger partial charge in [0.05, 0.1) is 18.4 Å². The van der Waals surface area contributed by atoms with E-state index >= 15 is 0 Å². The van der Waals surface area contributed by atoms with E-state index in [9.17, 15) is 9.59 Å². The fourth-order valence-corrected chi connectivity index (χ4v) is 2.74. The molecule has 0 bridgehead atoms. The topological polar surface area (TPSA) is 72.6 Å². The minimum atomic E-state index is -0.403. The summed E-state index contributed by atoms with van der Waals surface area (Å²) in [6.07, 6.45) is 0.474. The van der Waals surface area contributed by atoms with Crippen LogP contribution in [-0.2, 0) is 9.53 Å². The van der Waals surface area contributed by atoms with Gasteiger partial charge < -0.3 is 15.4 Å². The number of hydrogen-bond acceptors (Lipinski definition) is 4. The highest BCUT2D eigenvalue weighted by molar-refractivity contribution is 9.10. The molecule has 5 nitrogen and oxygen atoms in total. The van der Waals surface area contributed by atoms with Crippen LogP contribution in [-0.4, -0.2) is 32.1 Å². The van der Waals surface area contributed by atoms with Gasteiger partial charge >= 0.3 is 5.97 Å². The molecule has 0 aromatic heterocycles. The second kappa shape index (κ2) is 5.71. The summed E-state index contributed by atoms with van der Waals surface area (Å²) in [6.45, 7) is 1.12. The number of nitrogens with zero attached hydrogens (tertiary/aromatic N) is 1. The minimum absolute atomic E-state index is 0.0574. The molecule has 1 amide bonds. The summed E-state index contributed by atoms with van der Waals surface area (Å²) >= 11 is 3.39. The van der Waals surface area contributed by atoms with E-state index in [1.165, 1.54) is 7.11 Å². The van der Waals surface area contributed by atoms with Crippen LogP contribution in [0.25, 0.3) is 0 Å². The maximum atomic E-state index is 11.9. The number of halogens is 1. The Morgan fingerprint density at radius 2 is 2.32 bits per heavy atom. The highest BCUT2D eigenvalue weighted by Gasteiger charge is 2.30. The number of esters is 1. The second-order valence-corrected chi connectivity index (χ2v) is 5.32. The van der Waals surface area contributed by atoms with Gasteiger partial charge in [-0.25, -0.2) is 4.79 Å². The Morgan fingerprint density at radius 3 is 2.84 bits per heavy atom. The van der Waals surface area contributed by atoms with Gasteiger partial charge in [-0.15, -0.1) is 0 Å². The third kappa shape index (κ3) is 2.79. The number of methoxy groups -OCH3 is 1. The lowest BCUT2D eigenvalue weighted by Gasteiger charge is -2.18. The molecule has 1 aliphatic heterocycles. The van der Waals surface area contributed by atoms with Crippen molar-refractivity contribution < 1.29 is 14.3 Å². The number of nitrogens with two attached hydrogens (primary N) is 1. The van der Waals surface area contributed by atoms with Gasteiger partial charge in [0.15, 0.2) is 0 Å². The molecule has 6 heteroatoms. The summed E-state index contributed by atoms with van der Waals surface area (Å²) in [7, 11) is 1.33. The van der Waals surface area contributed by atoms with E-state index in [1.54, 1.807) is 23.1 Å². The lowest BCUT2D eigenvalue weighted by molar-refractivity contribution is -0.117. The van der Waals surface area contributed by atoms with Gasteiger partial charge in [0, 0.05) is 17.4 Å². The van der Waals surface area contributed by atoms with Gasteiger partial charge in [0.1, 0.15) is 0 Å². The van der Waals surface area contributed by atoms with Crippen molar-refractivity contribution in [3.63, 3.8) is 0 Å². The fourth-order valence-electron chi connectivity index (χ4n) is 2.14. The summed E-state index contributed by atoms with van der Waals surface area (Å²) < 4.78 is 5.35. The summed E-state index contributed by atoms with van der Waals surface area (Å²) in [5, 5.41) is 0. The Hall–Kier alpha value is -1.40. The summed E-state index contributed by atoms with van der Waals surface area (Å²) in [5.74, 6) is -0.151. The normalized spacial score (nSPS) is 18.8. The number of carbonyl (C=O) groups excluding carboxylic acids is 2. The Kier molecular flexibility index (Phi) is 4.21. The predicted octanol–water partition coefficient (Wildman–Crippen LogP) is 1.55. The number of amides is 1. The third-order valence-electron chi connectivity index (χ3n) is 3.20. The number of benzene rings is 1. The molecule has 1 aliphatic rings. The zero-order valence-electron chi connectivity index (χ0n) is 10.6. The van der Waals surface area contributed by atoms with Crippen LogP contribution in [0.4, 0.5) is 5.69 Å². The predicted molar refractivity (Wildman–Crippen MR) is 75.0 cm³/mol. The molecule has 1 heterocycles. The molecule has 0 saturated carbocycles. The highest BCUT2D eigenvalue weighted by Crippen LogP contribution is 2.32. The molecule has 1 aromatic carbocycles. The maximum absolute atomic E-state index is 11.9. The van der Waals surface area contributed by atoms with Crippen LogP contribution in [0.2, 0.25) is 0 Å². The third-order valence-corrected chi connectivity index (χ3v) is 3.83. The molecule has 1 aromatic rings. The minimum Gasteiger partial charge on any atom is -0.465 e. The van der Waals surface area contributed by atoms with Crippen molar-refractivity contribution in [2.45, 2.75) is 6.42 Å². The van der Waals surface area contributed by atoms with Crippen LogP contribution >= 0.6 is 15.9 Å². The van der Waals surface area contributed by atoms with Crippen molar-refractivity contribution in [3.8, 4) is 0 Å². The van der Waals surface area contributed by atoms with Crippen LogP contribution in [0.1, 0.15) is 16.8 Å². The van der Waals surface area contributed by atoms with E-state index in [4.69, 9.17) is 5.73 Å². The lowest BCUT2D eigenvalue weighted by Crippen LogP contribution is -2.26. The van der Waals surface area contributed by atoms with Gasteiger partial charge in [0.25, 0.3) is 0 Å². The summed E-state index contributed by atoms with van der Waals surface area (Å²) in [6, 6.07) is 5.05. The first kappa shape index (κ1) is 14.0. The van der Waals surface area contributed by atoms with Crippen LogP contribution in [0.15, 0.2) is 22.7 Å². The molecule has 102 valence electrons. The first-order valence-electron chi connectivity index (χ1n) is 5.95. The SMILES string of the molecule is COC(=O)c1ccc(N2CC(CN)CC2=O)c(Br)c1. The highest BCUT2D eigenvalue weighted by atomic mass is 79.9. The molecular formula is C13H15BrN2O3. The molecule has 2 N–H and O–H groups in total. The average Bonchev–Trinajstić information content (AvgIpc) is 2.79. The number of ether oxygens (including phenoxy) is 1. The van der Waals surface area contributed by atoms with Gasteiger partial charge in [-0.1, -0.05) is 0 Å². The standard InChI is InChI=1S/C13H15BrN2O3/c1-19-13(18)9-2-3-11(10(14)5-9)16-7-8(6-15)4-12(16)17/h2-3,5,8H,4,6-7,15H2,1H3. The number of carbonyl (C=O) groups is 2. The second-order valence-electron chi connectivity index (χ2n) is 4.47. The van der Waals surface area contributed by atoms with Gasteiger partial charge in [-0.05, 0) is 46.6 Å². The Labute approximate surface area is 119 Å². The van der Waals surface area contributed by atoms with Crippen molar-refractivity contribution in [1.82, 2.24) is 0 Å². The Morgan fingerprint density at radius 1 is 1.58 bits per heavy atom. The van der Waals surface area contributed by atoms with Crippen molar-refractivity contribution in [3.05, 3.63) is 28.2 Å².